The van der Waals surface area contributed by atoms with Crippen molar-refractivity contribution in [2.75, 3.05) is 0 Å². The Balaban J connectivity index is 0.000000160. The zero-order valence-electron chi connectivity index (χ0n) is 11.8. The first-order valence-corrected chi connectivity index (χ1v) is 6.57. The van der Waals surface area contributed by atoms with Crippen molar-refractivity contribution in [3.05, 3.63) is 78.8 Å². The first-order chi connectivity index (χ1) is 10.6. The van der Waals surface area contributed by atoms with Gasteiger partial charge in [0.2, 0.25) is 0 Å². The van der Waals surface area contributed by atoms with Gasteiger partial charge in [0.05, 0.1) is 0 Å². The second-order valence-electron chi connectivity index (χ2n) is 4.52. The number of nitrogens with zero attached hydrogens (tertiary/aromatic N) is 1. The topological polar surface area (TPSA) is 53.4 Å². The molecule has 0 fully saturated rings. The summed E-state index contributed by atoms with van der Waals surface area (Å²) in [6.45, 7) is 3.51. The molecule has 0 aliphatic heterocycles. The van der Waals surface area contributed by atoms with Gasteiger partial charge in [0.25, 0.3) is 0 Å². The molecule has 0 spiro atoms. The molecule has 0 aliphatic carbocycles. The number of phenolic OH excluding ortho intramolecular Hbond substituents is 1. The predicted molar refractivity (Wildman–Crippen MR) is 86.8 cm³/mol. The summed E-state index contributed by atoms with van der Waals surface area (Å²) in [5, 5.41) is 18.8. The predicted octanol–water partition coefficient (Wildman–Crippen LogP) is 3.35. The molecule has 109 valence electrons. The molecule has 3 nitrogen and oxygen atoms in total. The summed E-state index contributed by atoms with van der Waals surface area (Å²) < 4.78 is 12.5. The van der Waals surface area contributed by atoms with E-state index in [2.05, 4.69) is 11.6 Å². The fourth-order valence-electron chi connectivity index (χ4n) is 1.85. The largest absolute Gasteiger partial charge is 0.506 e. The molecule has 0 amide bonds. The first kappa shape index (κ1) is 15.7. The van der Waals surface area contributed by atoms with Gasteiger partial charge in [-0.3, -0.25) is 4.98 Å². The van der Waals surface area contributed by atoms with Gasteiger partial charge < -0.3 is 10.1 Å². The van der Waals surface area contributed by atoms with Gasteiger partial charge in [-0.2, -0.15) is 0 Å². The summed E-state index contributed by atoms with van der Waals surface area (Å²) in [5.74, 6) is -0.0893. The van der Waals surface area contributed by atoms with E-state index < -0.39 is 0 Å². The van der Waals surface area contributed by atoms with E-state index in [-0.39, 0.29) is 11.6 Å². The van der Waals surface area contributed by atoms with Gasteiger partial charge >= 0.3 is 7.48 Å². The monoisotopic (exact) mass is 294 g/mol. The SMILES string of the molecule is C=C([B]O)c1cccc(F)c1.Oc1cccc2cccnc12. The molecule has 3 rings (SSSR count). The zero-order chi connectivity index (χ0) is 15.9. The van der Waals surface area contributed by atoms with Gasteiger partial charge in [-0.25, -0.2) is 4.39 Å². The average Bonchev–Trinajstić information content (AvgIpc) is 2.55. The van der Waals surface area contributed by atoms with Crippen LogP contribution in [0.15, 0.2) is 67.4 Å². The second kappa shape index (κ2) is 7.38. The highest BCUT2D eigenvalue weighted by Gasteiger charge is 1.99. The van der Waals surface area contributed by atoms with Crippen LogP contribution in [-0.4, -0.2) is 22.6 Å². The van der Waals surface area contributed by atoms with Gasteiger partial charge in [-0.05, 0) is 29.8 Å². The van der Waals surface area contributed by atoms with Crippen LogP contribution < -0.4 is 0 Å². The summed E-state index contributed by atoms with van der Waals surface area (Å²) in [6.07, 6.45) is 1.67. The van der Waals surface area contributed by atoms with E-state index in [1.807, 2.05) is 18.2 Å². The number of benzene rings is 2. The summed E-state index contributed by atoms with van der Waals surface area (Å²) in [4.78, 5) is 4.03. The number of hydrogen-bond acceptors (Lipinski definition) is 3. The summed E-state index contributed by atoms with van der Waals surface area (Å²) in [7, 11) is 0.856. The van der Waals surface area contributed by atoms with E-state index >= 15 is 0 Å². The number of fused-ring (bicyclic) bond motifs is 1. The smallest absolute Gasteiger partial charge is 0.326 e. The minimum atomic E-state index is -0.328. The number of aromatic nitrogens is 1. The number of hydrogen-bond donors (Lipinski definition) is 2. The van der Waals surface area contributed by atoms with Gasteiger partial charge in [-0.15, -0.1) is 6.58 Å². The Labute approximate surface area is 128 Å². The van der Waals surface area contributed by atoms with E-state index in [0.717, 1.165) is 12.9 Å². The molecule has 0 saturated carbocycles. The molecule has 5 heteroatoms. The van der Waals surface area contributed by atoms with Crippen LogP contribution in [0.2, 0.25) is 0 Å². The van der Waals surface area contributed by atoms with Crippen LogP contribution in [0.25, 0.3) is 16.4 Å². The number of rotatable bonds is 2. The number of halogens is 1. The van der Waals surface area contributed by atoms with E-state index in [9.17, 15) is 9.50 Å². The lowest BCUT2D eigenvalue weighted by Crippen LogP contribution is -1.92. The van der Waals surface area contributed by atoms with Crippen molar-refractivity contribution in [2.45, 2.75) is 0 Å². The molecule has 0 aliphatic rings. The number of aromatic hydroxyl groups is 1. The lowest BCUT2D eigenvalue weighted by Gasteiger charge is -1.99. The van der Waals surface area contributed by atoms with Crippen molar-refractivity contribution in [3.63, 3.8) is 0 Å². The van der Waals surface area contributed by atoms with Gasteiger partial charge in [0.1, 0.15) is 17.1 Å². The molecule has 22 heavy (non-hydrogen) atoms. The Morgan fingerprint density at radius 2 is 1.82 bits per heavy atom. The van der Waals surface area contributed by atoms with E-state index in [0.29, 0.717) is 16.6 Å². The number of para-hydroxylation sites is 1. The summed E-state index contributed by atoms with van der Waals surface area (Å²) in [6, 6.07) is 15.0. The quantitative estimate of drug-likeness (QED) is 0.713. The maximum Gasteiger partial charge on any atom is 0.326 e. The molecular formula is C17H14BFNO2. The van der Waals surface area contributed by atoms with E-state index in [4.69, 9.17) is 5.02 Å². The Morgan fingerprint density at radius 3 is 2.50 bits per heavy atom. The molecule has 1 aromatic heterocycles. The summed E-state index contributed by atoms with van der Waals surface area (Å²) in [5.41, 5.74) is 1.66. The van der Waals surface area contributed by atoms with Crippen molar-refractivity contribution < 1.29 is 14.5 Å². The molecule has 1 heterocycles. The fraction of sp³-hybridized carbons (Fsp3) is 0. The van der Waals surface area contributed by atoms with Gasteiger partial charge in [0.15, 0.2) is 0 Å². The molecule has 3 aromatic rings. The van der Waals surface area contributed by atoms with Crippen LogP contribution in [-0.2, 0) is 0 Å². The lowest BCUT2D eigenvalue weighted by atomic mass is 9.84. The number of phenols is 1. The van der Waals surface area contributed by atoms with Gasteiger partial charge in [0, 0.05) is 11.6 Å². The van der Waals surface area contributed by atoms with E-state index in [1.165, 1.54) is 12.1 Å². The first-order valence-electron chi connectivity index (χ1n) is 6.57. The maximum atomic E-state index is 12.5. The van der Waals surface area contributed by atoms with Crippen LogP contribution in [0.3, 0.4) is 0 Å². The Bertz CT molecular complexity index is 787. The van der Waals surface area contributed by atoms with Crippen LogP contribution in [0.4, 0.5) is 4.39 Å². The second-order valence-corrected chi connectivity index (χ2v) is 4.52. The standard InChI is InChI=1S/C9H7NO.C8H7BFO/c11-8-5-1-3-7-4-2-6-10-9(7)8;1-6(9-11)7-3-2-4-8(10)5-7/h1-6,11H;2-5,11H,1H2. The molecule has 0 saturated heterocycles. The zero-order valence-corrected chi connectivity index (χ0v) is 11.8. The Kier molecular flexibility index (Phi) is 5.28. The average molecular weight is 294 g/mol. The van der Waals surface area contributed by atoms with Crippen LogP contribution in [0.1, 0.15) is 5.56 Å². The third-order valence-corrected chi connectivity index (χ3v) is 2.96. The van der Waals surface area contributed by atoms with Crippen LogP contribution in [0.5, 0.6) is 5.75 Å². The van der Waals surface area contributed by atoms with Crippen molar-refractivity contribution in [1.82, 2.24) is 4.98 Å². The summed E-state index contributed by atoms with van der Waals surface area (Å²) >= 11 is 0. The molecule has 0 bridgehead atoms. The third-order valence-electron chi connectivity index (χ3n) is 2.96. The van der Waals surface area contributed by atoms with Gasteiger partial charge in [-0.1, -0.05) is 35.8 Å². The molecule has 2 N–H and O–H groups in total. The fourth-order valence-corrected chi connectivity index (χ4v) is 1.85. The third kappa shape index (κ3) is 3.93. The van der Waals surface area contributed by atoms with Crippen molar-refractivity contribution in [2.24, 2.45) is 0 Å². The van der Waals surface area contributed by atoms with E-state index in [1.54, 1.807) is 30.5 Å². The Morgan fingerprint density at radius 1 is 1.09 bits per heavy atom. The minimum Gasteiger partial charge on any atom is -0.506 e. The highest BCUT2D eigenvalue weighted by molar-refractivity contribution is 6.53. The highest BCUT2D eigenvalue weighted by Crippen LogP contribution is 2.20. The molecule has 0 unspecified atom stereocenters. The normalized spacial score (nSPS) is 9.73. The maximum absolute atomic E-state index is 12.5. The molecule has 0 atom stereocenters. The van der Waals surface area contributed by atoms with Crippen LogP contribution in [0, 0.1) is 5.82 Å². The minimum absolute atomic E-state index is 0.239. The lowest BCUT2D eigenvalue weighted by molar-refractivity contribution is 0.480. The Hall–Kier alpha value is -2.66. The number of pyridine rings is 1. The van der Waals surface area contributed by atoms with Crippen LogP contribution >= 0.6 is 0 Å². The van der Waals surface area contributed by atoms with Crippen molar-refractivity contribution in [3.8, 4) is 5.75 Å². The van der Waals surface area contributed by atoms with Crippen molar-refractivity contribution >= 4 is 23.9 Å². The molecule has 2 aromatic carbocycles. The highest BCUT2D eigenvalue weighted by atomic mass is 19.1. The van der Waals surface area contributed by atoms with Crippen molar-refractivity contribution in [1.29, 1.82) is 0 Å². The molecule has 1 radical (unpaired) electrons. The molecular weight excluding hydrogens is 280 g/mol.